The fourth-order valence-electron chi connectivity index (χ4n) is 6.30. The van der Waals surface area contributed by atoms with Crippen LogP contribution < -0.4 is 4.90 Å². The lowest BCUT2D eigenvalue weighted by Crippen LogP contribution is -2.46. The lowest BCUT2D eigenvalue weighted by Gasteiger charge is -2.51. The monoisotopic (exact) mass is 414 g/mol. The molecule has 0 bridgehead atoms. The number of rotatable bonds is 3. The standard InChI is InChI=1S/C25H22N2O4/c28-25(29)16-11-21-18-7-2-5-15(18)13-26-23(14-4-1-6-17(10-14)27(30)31)20-9-3-8-19(20)22(12-16)24(21)26/h1-4,6-8,10-12,15,18-20,23H,5,9,13H2,(H,28,29). The van der Waals surface area contributed by atoms with Crippen LogP contribution in [0.4, 0.5) is 11.4 Å². The first-order chi connectivity index (χ1) is 15.0. The zero-order chi connectivity index (χ0) is 21.3. The first-order valence-electron chi connectivity index (χ1n) is 10.8. The van der Waals surface area contributed by atoms with E-state index in [0.717, 1.165) is 41.8 Å². The predicted molar refractivity (Wildman–Crippen MR) is 117 cm³/mol. The maximum atomic E-state index is 11.9. The van der Waals surface area contributed by atoms with Crippen LogP contribution in [0.3, 0.4) is 0 Å². The van der Waals surface area contributed by atoms with Crippen LogP contribution in [-0.2, 0) is 0 Å². The summed E-state index contributed by atoms with van der Waals surface area (Å²) in [5.74, 6) is 0.0929. The largest absolute Gasteiger partial charge is 0.478 e. The van der Waals surface area contributed by atoms with Crippen molar-refractivity contribution in [2.24, 2.45) is 11.8 Å². The molecule has 4 aliphatic rings. The number of allylic oxidation sites excluding steroid dienone is 4. The van der Waals surface area contributed by atoms with Crippen LogP contribution in [0.25, 0.3) is 0 Å². The molecule has 0 spiro atoms. The van der Waals surface area contributed by atoms with Gasteiger partial charge in [-0.15, -0.1) is 0 Å². The van der Waals surface area contributed by atoms with E-state index in [-0.39, 0.29) is 34.4 Å². The Morgan fingerprint density at radius 3 is 2.58 bits per heavy atom. The summed E-state index contributed by atoms with van der Waals surface area (Å²) in [6.07, 6.45) is 10.7. The van der Waals surface area contributed by atoms with Gasteiger partial charge >= 0.3 is 5.97 Å². The highest BCUT2D eigenvalue weighted by Crippen LogP contribution is 2.59. The van der Waals surface area contributed by atoms with Crippen LogP contribution >= 0.6 is 0 Å². The molecule has 1 N–H and O–H groups in total. The summed E-state index contributed by atoms with van der Waals surface area (Å²) in [5.41, 5.74) is 4.76. The number of fused-ring (bicyclic) bond motifs is 4. The quantitative estimate of drug-likeness (QED) is 0.425. The number of carbonyl (C=O) groups is 1. The number of hydrogen-bond donors (Lipinski definition) is 1. The summed E-state index contributed by atoms with van der Waals surface area (Å²) in [5, 5.41) is 21.2. The van der Waals surface area contributed by atoms with E-state index in [1.165, 1.54) is 0 Å². The van der Waals surface area contributed by atoms with Crippen LogP contribution in [0, 0.1) is 22.0 Å². The minimum atomic E-state index is -0.894. The second-order valence-electron chi connectivity index (χ2n) is 9.06. The summed E-state index contributed by atoms with van der Waals surface area (Å²) in [6.45, 7) is 0.876. The number of carboxylic acid groups (broad SMARTS) is 1. The first-order valence-corrected chi connectivity index (χ1v) is 10.8. The van der Waals surface area contributed by atoms with Crippen molar-refractivity contribution in [1.82, 2.24) is 0 Å². The molecule has 2 aromatic rings. The molecule has 2 aromatic carbocycles. The van der Waals surface area contributed by atoms with Crippen molar-refractivity contribution in [3.05, 3.63) is 93.1 Å². The van der Waals surface area contributed by atoms with Gasteiger partial charge in [0.1, 0.15) is 0 Å². The molecule has 0 aromatic heterocycles. The van der Waals surface area contributed by atoms with Gasteiger partial charge in [-0.2, -0.15) is 0 Å². The number of anilines is 1. The number of nitro groups is 1. The molecule has 0 saturated heterocycles. The second kappa shape index (κ2) is 6.54. The van der Waals surface area contributed by atoms with E-state index in [9.17, 15) is 20.0 Å². The van der Waals surface area contributed by atoms with Crippen molar-refractivity contribution < 1.29 is 14.8 Å². The van der Waals surface area contributed by atoms with E-state index in [1.807, 2.05) is 18.2 Å². The summed E-state index contributed by atoms with van der Waals surface area (Å²) in [7, 11) is 0. The molecule has 2 aliphatic heterocycles. The van der Waals surface area contributed by atoms with Crippen molar-refractivity contribution in [2.75, 3.05) is 11.4 Å². The molecular formula is C25H22N2O4. The molecule has 0 fully saturated rings. The molecule has 156 valence electrons. The van der Waals surface area contributed by atoms with E-state index < -0.39 is 5.97 Å². The van der Waals surface area contributed by atoms with Gasteiger partial charge in [-0.25, -0.2) is 4.79 Å². The zero-order valence-electron chi connectivity index (χ0n) is 16.8. The molecule has 5 atom stereocenters. The molecule has 6 rings (SSSR count). The Labute approximate surface area is 179 Å². The first kappa shape index (κ1) is 18.4. The Morgan fingerprint density at radius 1 is 1.06 bits per heavy atom. The van der Waals surface area contributed by atoms with Gasteiger partial charge in [-0.3, -0.25) is 10.1 Å². The minimum absolute atomic E-state index is 0.0309. The lowest BCUT2D eigenvalue weighted by atomic mass is 9.70. The molecule has 2 aliphatic carbocycles. The van der Waals surface area contributed by atoms with Gasteiger partial charge in [-0.05, 0) is 53.5 Å². The third-order valence-corrected chi connectivity index (χ3v) is 7.52. The Hall–Kier alpha value is -3.41. The lowest BCUT2D eigenvalue weighted by molar-refractivity contribution is -0.384. The highest BCUT2D eigenvalue weighted by molar-refractivity contribution is 5.90. The fraction of sp³-hybridized carbons (Fsp3) is 0.320. The summed E-state index contributed by atoms with van der Waals surface area (Å²) >= 11 is 0. The topological polar surface area (TPSA) is 83.7 Å². The second-order valence-corrected chi connectivity index (χ2v) is 9.06. The molecule has 2 heterocycles. The van der Waals surface area contributed by atoms with Gasteiger partial charge in [0.05, 0.1) is 16.5 Å². The smallest absolute Gasteiger partial charge is 0.335 e. The van der Waals surface area contributed by atoms with Crippen molar-refractivity contribution >= 4 is 17.3 Å². The Kier molecular flexibility index (Phi) is 3.88. The Morgan fingerprint density at radius 2 is 1.81 bits per heavy atom. The van der Waals surface area contributed by atoms with Gasteiger partial charge in [0.2, 0.25) is 0 Å². The normalized spacial score (nSPS) is 29.4. The number of hydrogen-bond acceptors (Lipinski definition) is 4. The van der Waals surface area contributed by atoms with Crippen LogP contribution in [-0.4, -0.2) is 22.5 Å². The minimum Gasteiger partial charge on any atom is -0.478 e. The fourth-order valence-corrected chi connectivity index (χ4v) is 6.30. The molecule has 0 radical (unpaired) electrons. The molecule has 0 amide bonds. The average molecular weight is 414 g/mol. The van der Waals surface area contributed by atoms with Gasteiger partial charge in [0, 0.05) is 36.2 Å². The maximum Gasteiger partial charge on any atom is 0.335 e. The van der Waals surface area contributed by atoms with Crippen LogP contribution in [0.5, 0.6) is 0 Å². The highest BCUT2D eigenvalue weighted by Gasteiger charge is 2.48. The van der Waals surface area contributed by atoms with E-state index in [1.54, 1.807) is 18.2 Å². The molecule has 0 saturated carbocycles. The van der Waals surface area contributed by atoms with E-state index >= 15 is 0 Å². The van der Waals surface area contributed by atoms with Gasteiger partial charge < -0.3 is 10.0 Å². The van der Waals surface area contributed by atoms with Crippen molar-refractivity contribution in [3.8, 4) is 0 Å². The van der Waals surface area contributed by atoms with Crippen molar-refractivity contribution in [1.29, 1.82) is 0 Å². The van der Waals surface area contributed by atoms with E-state index in [2.05, 4.69) is 29.2 Å². The number of benzene rings is 2. The molecular weight excluding hydrogens is 392 g/mol. The SMILES string of the molecule is O=C(O)c1cc2c3c(c1)C1C=CCC1C(c1cccc([N+](=O)[O-])c1)N3CC1CC=CC21. The highest BCUT2D eigenvalue weighted by atomic mass is 16.6. The molecule has 5 unspecified atom stereocenters. The summed E-state index contributed by atoms with van der Waals surface area (Å²) < 4.78 is 0. The third-order valence-electron chi connectivity index (χ3n) is 7.52. The number of nitrogens with zero attached hydrogens (tertiary/aromatic N) is 2. The number of carboxylic acids is 1. The van der Waals surface area contributed by atoms with Crippen molar-refractivity contribution in [2.45, 2.75) is 30.7 Å². The van der Waals surface area contributed by atoms with Crippen LogP contribution in [0.1, 0.15) is 57.8 Å². The number of nitro benzene ring substituents is 1. The van der Waals surface area contributed by atoms with Gasteiger partial charge in [0.25, 0.3) is 5.69 Å². The average Bonchev–Trinajstić information content (AvgIpc) is 3.43. The van der Waals surface area contributed by atoms with E-state index in [0.29, 0.717) is 11.5 Å². The van der Waals surface area contributed by atoms with Crippen molar-refractivity contribution in [3.63, 3.8) is 0 Å². The van der Waals surface area contributed by atoms with Crippen LogP contribution in [0.2, 0.25) is 0 Å². The summed E-state index contributed by atoms with van der Waals surface area (Å²) in [4.78, 5) is 25.5. The predicted octanol–water partition coefficient (Wildman–Crippen LogP) is 5.19. The molecule has 6 nitrogen and oxygen atoms in total. The summed E-state index contributed by atoms with van der Waals surface area (Å²) in [6, 6.07) is 10.8. The molecule has 6 heteroatoms. The number of non-ortho nitro benzene ring substituents is 1. The van der Waals surface area contributed by atoms with E-state index in [4.69, 9.17) is 0 Å². The third kappa shape index (κ3) is 2.60. The maximum absolute atomic E-state index is 11.9. The van der Waals surface area contributed by atoms with Gasteiger partial charge in [-0.1, -0.05) is 36.4 Å². The van der Waals surface area contributed by atoms with Crippen LogP contribution in [0.15, 0.2) is 60.7 Å². The van der Waals surface area contributed by atoms with Gasteiger partial charge in [0.15, 0.2) is 0 Å². The Balaban J connectivity index is 1.58. The number of aromatic carboxylic acids is 1. The Bertz CT molecular complexity index is 1170. The zero-order valence-corrected chi connectivity index (χ0v) is 16.8. The molecule has 31 heavy (non-hydrogen) atoms.